The zero-order chi connectivity index (χ0) is 30.6. The van der Waals surface area contributed by atoms with Crippen molar-refractivity contribution in [2.75, 3.05) is 45.3 Å². The van der Waals surface area contributed by atoms with Gasteiger partial charge in [-0.1, -0.05) is 48.5 Å². The third kappa shape index (κ3) is 6.70. The van der Waals surface area contributed by atoms with E-state index >= 15 is 0 Å². The highest BCUT2D eigenvalue weighted by molar-refractivity contribution is 6.17. The second-order valence-electron chi connectivity index (χ2n) is 11.5. The molecule has 3 fully saturated rings. The molecular formula is C34H37ClF2N2O4. The number of nitrogens with zero attached hydrogens (tertiary/aromatic N) is 2. The summed E-state index contributed by atoms with van der Waals surface area (Å²) in [5.74, 6) is -0.830. The van der Waals surface area contributed by atoms with Gasteiger partial charge in [-0.2, -0.15) is 0 Å². The van der Waals surface area contributed by atoms with Gasteiger partial charge in [0.15, 0.2) is 0 Å². The molecule has 43 heavy (non-hydrogen) atoms. The predicted molar refractivity (Wildman–Crippen MR) is 162 cm³/mol. The SMILES string of the molecule is COC(=O)C1(c2ccc(CCl)cc2)CC1.COC(=O)C1(c2ccc(CN3CCN(c4ccc(F)cc4F)CC3)cc2)CC1. The van der Waals surface area contributed by atoms with Crippen LogP contribution in [-0.4, -0.2) is 57.2 Å². The average Bonchev–Trinajstić information content (AvgIpc) is 3.97. The first kappa shape index (κ1) is 31.0. The quantitative estimate of drug-likeness (QED) is 0.226. The smallest absolute Gasteiger partial charge is 0.316 e. The number of alkyl halides is 1. The number of piperazine rings is 1. The van der Waals surface area contributed by atoms with E-state index in [2.05, 4.69) is 17.0 Å². The number of carbonyl (C=O) groups is 2. The molecule has 0 unspecified atom stereocenters. The number of hydrogen-bond donors (Lipinski definition) is 0. The largest absolute Gasteiger partial charge is 0.468 e. The molecule has 1 heterocycles. The van der Waals surface area contributed by atoms with Crippen molar-refractivity contribution < 1.29 is 27.8 Å². The summed E-state index contributed by atoms with van der Waals surface area (Å²) < 4.78 is 36.8. The molecule has 0 amide bonds. The molecule has 0 N–H and O–H groups in total. The lowest BCUT2D eigenvalue weighted by Gasteiger charge is -2.36. The molecule has 228 valence electrons. The van der Waals surface area contributed by atoms with Crippen molar-refractivity contribution in [3.63, 3.8) is 0 Å². The molecule has 6 nitrogen and oxygen atoms in total. The molecule has 0 aromatic heterocycles. The Kier molecular flexibility index (Phi) is 9.37. The first-order chi connectivity index (χ1) is 20.7. The van der Waals surface area contributed by atoms with Gasteiger partial charge in [0.05, 0.1) is 30.7 Å². The maximum absolute atomic E-state index is 14.0. The lowest BCUT2D eigenvalue weighted by molar-refractivity contribution is -0.144. The zero-order valence-electron chi connectivity index (χ0n) is 24.6. The van der Waals surface area contributed by atoms with Crippen LogP contribution in [0.3, 0.4) is 0 Å². The molecule has 2 saturated carbocycles. The minimum atomic E-state index is -0.552. The Hall–Kier alpha value is -3.49. The number of carbonyl (C=O) groups excluding carboxylic acids is 2. The number of anilines is 1. The molecule has 2 aliphatic carbocycles. The van der Waals surface area contributed by atoms with E-state index in [1.54, 1.807) is 0 Å². The van der Waals surface area contributed by atoms with Crippen molar-refractivity contribution in [3.05, 3.63) is 101 Å². The highest BCUT2D eigenvalue weighted by atomic mass is 35.5. The molecule has 3 aliphatic rings. The lowest BCUT2D eigenvalue weighted by Crippen LogP contribution is -2.46. The highest BCUT2D eigenvalue weighted by Crippen LogP contribution is 2.50. The van der Waals surface area contributed by atoms with E-state index in [0.29, 0.717) is 24.7 Å². The number of methoxy groups -OCH3 is 2. The van der Waals surface area contributed by atoms with Gasteiger partial charge in [0.25, 0.3) is 0 Å². The van der Waals surface area contributed by atoms with Gasteiger partial charge >= 0.3 is 11.9 Å². The summed E-state index contributed by atoms with van der Waals surface area (Å²) in [5.41, 5.74) is 4.00. The van der Waals surface area contributed by atoms with Crippen LogP contribution in [-0.2, 0) is 42.3 Å². The highest BCUT2D eigenvalue weighted by Gasteiger charge is 2.53. The molecule has 0 radical (unpaired) electrons. The summed E-state index contributed by atoms with van der Waals surface area (Å²) in [7, 11) is 2.88. The van der Waals surface area contributed by atoms with Crippen LogP contribution in [0.25, 0.3) is 0 Å². The number of halogens is 3. The average molecular weight is 611 g/mol. The van der Waals surface area contributed by atoms with E-state index in [0.717, 1.165) is 68.1 Å². The standard InChI is InChI=1S/C22H24F2N2O2.C12H13ClO2/c1-28-21(27)22(8-9-22)17-4-2-16(3-5-17)15-25-10-12-26(13-11-25)20-7-6-18(23)14-19(20)24;1-15-11(14)12(6-7-12)10-4-2-9(8-13)3-5-10/h2-7,14H,8-13,15H2,1H3;2-5H,6-8H2,1H3. The fraction of sp³-hybridized carbons (Fsp3) is 0.412. The van der Waals surface area contributed by atoms with Gasteiger partial charge in [0, 0.05) is 44.7 Å². The van der Waals surface area contributed by atoms with Crippen molar-refractivity contribution in [3.8, 4) is 0 Å². The van der Waals surface area contributed by atoms with Crippen LogP contribution in [0.4, 0.5) is 14.5 Å². The van der Waals surface area contributed by atoms with Gasteiger partial charge in [-0.05, 0) is 60.1 Å². The third-order valence-electron chi connectivity index (χ3n) is 8.85. The molecular weight excluding hydrogens is 574 g/mol. The maximum atomic E-state index is 14.0. The van der Waals surface area contributed by atoms with Crippen LogP contribution in [0.5, 0.6) is 0 Å². The molecule has 0 bridgehead atoms. The Morgan fingerprint density at radius 2 is 1.23 bits per heavy atom. The second kappa shape index (κ2) is 13.0. The summed E-state index contributed by atoms with van der Waals surface area (Å²) in [6.45, 7) is 3.83. The monoisotopic (exact) mass is 610 g/mol. The topological polar surface area (TPSA) is 59.1 Å². The van der Waals surface area contributed by atoms with Crippen molar-refractivity contribution in [1.82, 2.24) is 4.90 Å². The van der Waals surface area contributed by atoms with Crippen LogP contribution >= 0.6 is 11.6 Å². The van der Waals surface area contributed by atoms with Gasteiger partial charge in [0.1, 0.15) is 11.6 Å². The van der Waals surface area contributed by atoms with Crippen molar-refractivity contribution >= 4 is 29.2 Å². The van der Waals surface area contributed by atoms with Crippen LogP contribution in [0, 0.1) is 11.6 Å². The second-order valence-corrected chi connectivity index (χ2v) is 11.8. The van der Waals surface area contributed by atoms with Crippen molar-refractivity contribution in [1.29, 1.82) is 0 Å². The summed E-state index contributed by atoms with van der Waals surface area (Å²) >= 11 is 5.71. The Morgan fingerprint density at radius 1 is 0.744 bits per heavy atom. The Labute approximate surface area is 256 Å². The maximum Gasteiger partial charge on any atom is 0.316 e. The van der Waals surface area contributed by atoms with E-state index < -0.39 is 17.0 Å². The van der Waals surface area contributed by atoms with Crippen LogP contribution < -0.4 is 4.90 Å². The summed E-state index contributed by atoms with van der Waals surface area (Å²) in [6, 6.07) is 19.8. The molecule has 0 atom stereocenters. The number of benzene rings is 3. The Bertz CT molecular complexity index is 1430. The first-order valence-electron chi connectivity index (χ1n) is 14.6. The van der Waals surface area contributed by atoms with E-state index in [-0.39, 0.29) is 17.4 Å². The van der Waals surface area contributed by atoms with Crippen molar-refractivity contribution in [2.24, 2.45) is 0 Å². The van der Waals surface area contributed by atoms with Crippen LogP contribution in [0.2, 0.25) is 0 Å². The molecule has 6 rings (SSSR count). The molecule has 0 spiro atoms. The summed E-state index contributed by atoms with van der Waals surface area (Å²) in [4.78, 5) is 27.9. The zero-order valence-corrected chi connectivity index (χ0v) is 25.3. The number of rotatable bonds is 8. The van der Waals surface area contributed by atoms with E-state index in [1.807, 2.05) is 41.3 Å². The predicted octanol–water partition coefficient (Wildman–Crippen LogP) is 6.12. The van der Waals surface area contributed by atoms with Crippen LogP contribution in [0.1, 0.15) is 47.9 Å². The fourth-order valence-corrected chi connectivity index (χ4v) is 6.03. The van der Waals surface area contributed by atoms with Crippen LogP contribution in [0.15, 0.2) is 66.7 Å². The molecule has 1 saturated heterocycles. The van der Waals surface area contributed by atoms with Gasteiger partial charge in [-0.3, -0.25) is 14.5 Å². The number of hydrogen-bond acceptors (Lipinski definition) is 6. The number of esters is 2. The Balaban J connectivity index is 0.000000207. The minimum absolute atomic E-state index is 0.124. The fourth-order valence-electron chi connectivity index (χ4n) is 5.85. The number of ether oxygens (including phenoxy) is 2. The van der Waals surface area contributed by atoms with E-state index in [1.165, 1.54) is 31.9 Å². The van der Waals surface area contributed by atoms with Gasteiger partial charge < -0.3 is 14.4 Å². The van der Waals surface area contributed by atoms with Crippen molar-refractivity contribution in [2.45, 2.75) is 48.9 Å². The summed E-state index contributed by atoms with van der Waals surface area (Å²) in [5, 5.41) is 0. The summed E-state index contributed by atoms with van der Waals surface area (Å²) in [6.07, 6.45) is 3.47. The molecule has 9 heteroatoms. The van der Waals surface area contributed by atoms with E-state index in [9.17, 15) is 18.4 Å². The lowest BCUT2D eigenvalue weighted by atomic mass is 9.95. The molecule has 3 aromatic carbocycles. The third-order valence-corrected chi connectivity index (χ3v) is 9.16. The Morgan fingerprint density at radius 3 is 1.65 bits per heavy atom. The van der Waals surface area contributed by atoms with Gasteiger partial charge in [-0.15, -0.1) is 11.6 Å². The molecule has 3 aromatic rings. The molecule has 1 aliphatic heterocycles. The van der Waals surface area contributed by atoms with Gasteiger partial charge in [0.2, 0.25) is 0 Å². The minimum Gasteiger partial charge on any atom is -0.468 e. The first-order valence-corrected chi connectivity index (χ1v) is 15.1. The van der Waals surface area contributed by atoms with E-state index in [4.69, 9.17) is 21.1 Å². The van der Waals surface area contributed by atoms with Gasteiger partial charge in [-0.25, -0.2) is 8.78 Å². The normalized spacial score (nSPS) is 18.2.